The summed E-state index contributed by atoms with van der Waals surface area (Å²) in [6.07, 6.45) is 5.14. The normalized spacial score (nSPS) is 25.7. The number of benzene rings is 5. The average molecular weight is 1260 g/mol. The number of methoxy groups -OCH3 is 1. The van der Waals surface area contributed by atoms with Crippen molar-refractivity contribution in [3.05, 3.63) is 159 Å². The maximum Gasteiger partial charge on any atom is 0.312 e. The summed E-state index contributed by atoms with van der Waals surface area (Å²) in [7, 11) is 1.44. The number of esters is 1. The van der Waals surface area contributed by atoms with Crippen molar-refractivity contribution in [2.24, 2.45) is 23.7 Å². The number of aromatic nitrogens is 2. The topological polar surface area (TPSA) is 262 Å². The van der Waals surface area contributed by atoms with Gasteiger partial charge in [0.1, 0.15) is 35.2 Å². The van der Waals surface area contributed by atoms with Crippen molar-refractivity contribution >= 4 is 67.9 Å². The van der Waals surface area contributed by atoms with Crippen LogP contribution in [0.3, 0.4) is 0 Å². The molecule has 0 radical (unpaired) electrons. The Balaban J connectivity index is 1.04. The quantitative estimate of drug-likeness (QED) is 0.0430. The van der Waals surface area contributed by atoms with E-state index in [-0.39, 0.29) is 79.4 Å². The molecule has 4 aliphatic rings. The number of amides is 2. The number of Topliss-reactive ketones (excluding diaryl/α,β-unsaturated/α-hetero) is 1. The molecule has 4 N–H and O–H groups in total. The number of anilines is 2. The highest BCUT2D eigenvalue weighted by atomic mass is 16.7. The lowest BCUT2D eigenvalue weighted by Gasteiger charge is -2.38. The molecule has 2 saturated heterocycles. The van der Waals surface area contributed by atoms with Gasteiger partial charge in [-0.05, 0) is 55.3 Å². The molecule has 6 heterocycles. The van der Waals surface area contributed by atoms with E-state index in [0.717, 1.165) is 42.0 Å². The van der Waals surface area contributed by atoms with Gasteiger partial charge < -0.3 is 63.3 Å². The number of allylic oxidation sites excluding steroid dienone is 2. The molecule has 2 aromatic heterocycles. The van der Waals surface area contributed by atoms with Crippen LogP contribution in [0.2, 0.25) is 0 Å². The summed E-state index contributed by atoms with van der Waals surface area (Å²) in [4.78, 5) is 87.6. The Morgan fingerprint density at radius 1 is 0.826 bits per heavy atom. The molecule has 482 valence electrons. The minimum absolute atomic E-state index is 0.0522. The first kappa shape index (κ1) is 64.5. The molecule has 21 heteroatoms. The first-order valence-corrected chi connectivity index (χ1v) is 31.2. The van der Waals surface area contributed by atoms with E-state index in [9.17, 15) is 34.5 Å². The van der Waals surface area contributed by atoms with Crippen LogP contribution in [-0.2, 0) is 41.7 Å². The molecule has 92 heavy (non-hydrogen) atoms. The molecule has 9 atom stereocenters. The summed E-state index contributed by atoms with van der Waals surface area (Å²) >= 11 is 0. The molecule has 4 aliphatic heterocycles. The number of piperazine rings is 1. The van der Waals surface area contributed by atoms with Crippen molar-refractivity contribution < 1.29 is 67.3 Å². The number of rotatable bonds is 10. The van der Waals surface area contributed by atoms with Crippen molar-refractivity contribution in [1.29, 1.82) is 0 Å². The Morgan fingerprint density at radius 3 is 2.27 bits per heavy atom. The molecule has 0 saturated carbocycles. The van der Waals surface area contributed by atoms with Crippen LogP contribution in [0.15, 0.2) is 130 Å². The zero-order chi connectivity index (χ0) is 65.3. The summed E-state index contributed by atoms with van der Waals surface area (Å²) < 4.78 is 43.7. The first-order chi connectivity index (χ1) is 44.1. The molecule has 0 spiro atoms. The second kappa shape index (κ2) is 27.1. The smallest absolute Gasteiger partial charge is 0.312 e. The zero-order valence-electron chi connectivity index (χ0n) is 53.1. The van der Waals surface area contributed by atoms with E-state index < -0.39 is 82.7 Å². The van der Waals surface area contributed by atoms with Crippen LogP contribution in [0, 0.1) is 30.6 Å². The Hall–Kier alpha value is -8.99. The van der Waals surface area contributed by atoms with E-state index in [1.165, 1.54) is 53.2 Å². The number of carbonyl (C=O) groups excluding carboxylic acids is 4. The summed E-state index contributed by atoms with van der Waals surface area (Å²) in [5, 5.41) is 38.4. The molecule has 11 rings (SSSR count). The van der Waals surface area contributed by atoms with Crippen LogP contribution >= 0.6 is 0 Å². The van der Waals surface area contributed by atoms with Gasteiger partial charge in [0, 0.05) is 142 Å². The number of nitrogens with one attached hydrogen (secondary N) is 1. The Labute approximate surface area is 532 Å². The number of hydrogen-bond donors (Lipinski definition) is 4. The third kappa shape index (κ3) is 13.0. The highest BCUT2D eigenvalue weighted by Crippen LogP contribution is 2.49. The highest BCUT2D eigenvalue weighted by molar-refractivity contribution is 6.26. The highest BCUT2D eigenvalue weighted by Gasteiger charge is 2.50. The number of carbonyl (C=O) groups is 4. The van der Waals surface area contributed by atoms with Crippen LogP contribution in [0.5, 0.6) is 17.2 Å². The Morgan fingerprint density at radius 2 is 1.57 bits per heavy atom. The number of aliphatic hydroxyl groups is 2. The third-order valence-corrected chi connectivity index (χ3v) is 18.3. The number of phenolic OH excluding ortho intramolecular Hbond substituents is 1. The molecule has 2 fully saturated rings. The lowest BCUT2D eigenvalue weighted by molar-refractivity contribution is -0.160. The predicted molar refractivity (Wildman–Crippen MR) is 346 cm³/mol. The number of nitrogens with zero attached hydrogens (tertiary/aromatic N) is 5. The second-order valence-corrected chi connectivity index (χ2v) is 24.6. The monoisotopic (exact) mass is 1250 g/mol. The van der Waals surface area contributed by atoms with Gasteiger partial charge in [-0.15, -0.1) is 0 Å². The van der Waals surface area contributed by atoms with Gasteiger partial charge in [-0.3, -0.25) is 33.9 Å². The van der Waals surface area contributed by atoms with Gasteiger partial charge in [-0.2, -0.15) is 0 Å². The third-order valence-electron chi connectivity index (χ3n) is 18.3. The van der Waals surface area contributed by atoms with Crippen molar-refractivity contribution in [2.45, 2.75) is 98.7 Å². The van der Waals surface area contributed by atoms with Gasteiger partial charge in [0.25, 0.3) is 17.6 Å². The molecule has 4 bridgehead atoms. The van der Waals surface area contributed by atoms with E-state index in [1.54, 1.807) is 63.1 Å². The van der Waals surface area contributed by atoms with Crippen LogP contribution in [0.25, 0.3) is 44.2 Å². The van der Waals surface area contributed by atoms with Gasteiger partial charge >= 0.3 is 11.8 Å². The maximum atomic E-state index is 15.3. The average Bonchev–Trinajstić information content (AvgIpc) is 1.38. The number of hydrogen-bond acceptors (Lipinski definition) is 19. The van der Waals surface area contributed by atoms with Crippen molar-refractivity contribution in [1.82, 2.24) is 19.8 Å². The number of morpholine rings is 1. The fraction of sp³-hybridized carbons (Fsp3) is 0.394. The molecule has 2 amide bonds. The van der Waals surface area contributed by atoms with Crippen molar-refractivity contribution in [2.75, 3.05) is 69.8 Å². The number of aromatic hydroxyl groups is 1. The van der Waals surface area contributed by atoms with Gasteiger partial charge in [0.2, 0.25) is 0 Å². The number of aliphatic hydroxyl groups excluding tert-OH is 2. The van der Waals surface area contributed by atoms with E-state index in [0.29, 0.717) is 50.6 Å². The molecule has 7 aromatic rings. The summed E-state index contributed by atoms with van der Waals surface area (Å²) in [6.45, 7) is 18.0. The van der Waals surface area contributed by atoms with Crippen molar-refractivity contribution in [3.63, 3.8) is 0 Å². The molecular weight excluding hydrogens is 1180 g/mol. The first-order valence-electron chi connectivity index (χ1n) is 31.2. The second-order valence-electron chi connectivity index (χ2n) is 24.6. The van der Waals surface area contributed by atoms with E-state index >= 15 is 4.79 Å². The van der Waals surface area contributed by atoms with Crippen LogP contribution < -0.4 is 25.1 Å². The van der Waals surface area contributed by atoms with Gasteiger partial charge in [-0.25, -0.2) is 4.98 Å². The number of pyridine rings is 1. The standard InChI is InChI=1S/C71H78N6O15/c1-39-14-12-15-40(2)69(84)74-60-64(82)56-55(57-66(44(6)63(56)81)92-71(8,68(57)83)89-31-23-52(86-9)41(3)65(90-45(7)78)43(5)62(80)42(4)61(39)79)59-67(60)91-54-36-50(35-53(58(54)73-59)88-38-47-21-19-46(20-22-47)37-75-29-32-87-33-30-75)76-25-27-77(28-26-76)70(85)49-17-13-16-48(34-49)51-18-10-11-24-72-51/h10-24,31,34-36,39,41-43,52,61-62,65,79-80,82H,25-30,32-33,37-38H2,1-9H3,(H,74,84)/b14-12+,31-23+,40-15-/t39-,41+,42+,43+,52-,61-,62+,65+,71-/m0/s1. The summed E-state index contributed by atoms with van der Waals surface area (Å²) in [6, 6.07) is 24.8. The van der Waals surface area contributed by atoms with E-state index in [2.05, 4.69) is 32.2 Å². The Kier molecular flexibility index (Phi) is 19.0. The summed E-state index contributed by atoms with van der Waals surface area (Å²) in [5.41, 5.74) is 3.57. The molecule has 0 aliphatic carbocycles. The summed E-state index contributed by atoms with van der Waals surface area (Å²) in [5.74, 6) is -7.62. The van der Waals surface area contributed by atoms with E-state index in [1.807, 2.05) is 54.6 Å². The minimum atomic E-state index is -2.14. The van der Waals surface area contributed by atoms with Crippen LogP contribution in [0.4, 0.5) is 11.4 Å². The largest absolute Gasteiger partial charge is 0.505 e. The number of ketones is 1. The fourth-order valence-electron chi connectivity index (χ4n) is 12.8. The molecule has 21 nitrogen and oxygen atoms in total. The maximum absolute atomic E-state index is 15.3. The van der Waals surface area contributed by atoms with E-state index in [4.69, 9.17) is 37.8 Å². The zero-order valence-corrected chi connectivity index (χ0v) is 53.1. The van der Waals surface area contributed by atoms with Crippen LogP contribution in [0.1, 0.15) is 85.9 Å². The molecule has 0 unspecified atom stereocenters. The van der Waals surface area contributed by atoms with Gasteiger partial charge in [-0.1, -0.05) is 88.4 Å². The number of fused-ring (bicyclic) bond motifs is 2. The van der Waals surface area contributed by atoms with Crippen LogP contribution in [-0.4, -0.2) is 148 Å². The SMILES string of the molecule is CO[C@H]1/C=C/O[C@@]2(C)Oc3c(C)c(=O)c4c(O)c(c5oc6cc(N7CCN(C(=O)c8cccc(-c9ccccn9)c8)CC7)cc(OCc7ccc(CN8CCOCC8)cc7)c6nc5c4c3C2=O)NC(=O)/C(C)=C\C=C\[C@H](C)[C@H](O)[C@@H](C)[C@@H](O)[C@@H](C)[C@H](OC(C)=O)[C@@H]1C. The minimum Gasteiger partial charge on any atom is -0.505 e. The predicted octanol–water partition coefficient (Wildman–Crippen LogP) is 9.43. The lowest BCUT2D eigenvalue weighted by atomic mass is 9.78. The van der Waals surface area contributed by atoms with Gasteiger partial charge in [0.15, 0.2) is 28.1 Å². The number of phenols is 1. The Bertz CT molecular complexity index is 4120. The van der Waals surface area contributed by atoms with Gasteiger partial charge in [0.05, 0.1) is 54.4 Å². The number of ether oxygens (including phenoxy) is 6. The molecule has 5 aromatic carbocycles. The fourth-order valence-corrected chi connectivity index (χ4v) is 12.8. The lowest BCUT2D eigenvalue weighted by Crippen LogP contribution is -2.48. The molecular formula is C71H78N6O15. The van der Waals surface area contributed by atoms with Crippen molar-refractivity contribution in [3.8, 4) is 28.5 Å².